The number of methoxy groups -OCH3 is 1. The van der Waals surface area contributed by atoms with Crippen LogP contribution in [0.2, 0.25) is 0 Å². The highest BCUT2D eigenvalue weighted by Crippen LogP contribution is 2.25. The Bertz CT molecular complexity index is 439. The van der Waals surface area contributed by atoms with E-state index in [4.69, 9.17) is 15.2 Å². The number of nitrogens with two attached hydrogens (primary N) is 1. The molecular formula is C17H29ClN2O3. The lowest BCUT2D eigenvalue weighted by molar-refractivity contribution is -0.131. The first-order chi connectivity index (χ1) is 10.6. The average Bonchev–Trinajstić information content (AvgIpc) is 2.56. The summed E-state index contributed by atoms with van der Waals surface area (Å²) >= 11 is 0. The zero-order valence-corrected chi connectivity index (χ0v) is 15.1. The minimum Gasteiger partial charge on any atom is -0.491 e. The number of hydrogen-bond donors (Lipinski definition) is 2. The van der Waals surface area contributed by atoms with Crippen molar-refractivity contribution < 1.29 is 14.3 Å². The van der Waals surface area contributed by atoms with E-state index < -0.39 is 5.41 Å². The number of hydrogen-bond acceptors (Lipinski definition) is 4. The monoisotopic (exact) mass is 344 g/mol. The Kier molecular flexibility index (Phi) is 10.6. The van der Waals surface area contributed by atoms with Crippen molar-refractivity contribution in [3.63, 3.8) is 0 Å². The second kappa shape index (κ2) is 11.3. The Hall–Kier alpha value is -1.30. The van der Waals surface area contributed by atoms with Crippen molar-refractivity contribution in [3.8, 4) is 5.75 Å². The summed E-state index contributed by atoms with van der Waals surface area (Å²) in [7, 11) is 1.64. The SMILES string of the molecule is CCC(CC)(CN)C(=O)NCc1ccc(OCCOC)cc1.Cl. The van der Waals surface area contributed by atoms with E-state index in [9.17, 15) is 4.79 Å². The van der Waals surface area contributed by atoms with Gasteiger partial charge in [0.2, 0.25) is 5.91 Å². The van der Waals surface area contributed by atoms with Crippen LogP contribution in [0.3, 0.4) is 0 Å². The van der Waals surface area contributed by atoms with E-state index in [2.05, 4.69) is 5.32 Å². The molecule has 6 heteroatoms. The van der Waals surface area contributed by atoms with Crippen LogP contribution in [0.25, 0.3) is 0 Å². The van der Waals surface area contributed by atoms with Crippen LogP contribution in [0.15, 0.2) is 24.3 Å². The third-order valence-corrected chi connectivity index (χ3v) is 4.16. The Balaban J connectivity index is 0.00000484. The number of amides is 1. The molecule has 1 amide bonds. The third kappa shape index (κ3) is 6.37. The van der Waals surface area contributed by atoms with Gasteiger partial charge in [-0.3, -0.25) is 4.79 Å². The number of carbonyl (C=O) groups is 1. The van der Waals surface area contributed by atoms with E-state index >= 15 is 0 Å². The molecule has 0 radical (unpaired) electrons. The molecule has 0 atom stereocenters. The first kappa shape index (κ1) is 21.7. The molecule has 3 N–H and O–H groups in total. The molecule has 23 heavy (non-hydrogen) atoms. The molecule has 0 heterocycles. The van der Waals surface area contributed by atoms with E-state index in [1.165, 1.54) is 0 Å². The maximum absolute atomic E-state index is 12.3. The summed E-state index contributed by atoms with van der Waals surface area (Å²) in [5.41, 5.74) is 6.37. The number of carbonyl (C=O) groups excluding carboxylic acids is 1. The zero-order valence-electron chi connectivity index (χ0n) is 14.3. The molecule has 0 saturated heterocycles. The van der Waals surface area contributed by atoms with Crippen molar-refractivity contribution in [2.75, 3.05) is 26.9 Å². The summed E-state index contributed by atoms with van der Waals surface area (Å²) in [6.45, 7) is 5.97. The maximum atomic E-state index is 12.3. The fourth-order valence-corrected chi connectivity index (χ4v) is 2.27. The first-order valence-corrected chi connectivity index (χ1v) is 7.81. The lowest BCUT2D eigenvalue weighted by Crippen LogP contribution is -2.45. The van der Waals surface area contributed by atoms with Crippen molar-refractivity contribution in [3.05, 3.63) is 29.8 Å². The molecule has 1 aromatic carbocycles. The van der Waals surface area contributed by atoms with Crippen LogP contribution >= 0.6 is 12.4 Å². The fraction of sp³-hybridized carbons (Fsp3) is 0.588. The predicted molar refractivity (Wildman–Crippen MR) is 95.0 cm³/mol. The minimum atomic E-state index is -0.455. The highest BCUT2D eigenvalue weighted by molar-refractivity contribution is 5.85. The van der Waals surface area contributed by atoms with Gasteiger partial charge in [0.15, 0.2) is 0 Å². The van der Waals surface area contributed by atoms with E-state index in [0.717, 1.165) is 24.2 Å². The summed E-state index contributed by atoms with van der Waals surface area (Å²) in [6, 6.07) is 7.69. The van der Waals surface area contributed by atoms with Crippen molar-refractivity contribution in [2.24, 2.45) is 11.1 Å². The molecule has 1 rings (SSSR count). The van der Waals surface area contributed by atoms with Gasteiger partial charge >= 0.3 is 0 Å². The molecule has 5 nitrogen and oxygen atoms in total. The Morgan fingerprint density at radius 2 is 1.78 bits per heavy atom. The summed E-state index contributed by atoms with van der Waals surface area (Å²) in [6.07, 6.45) is 1.50. The van der Waals surface area contributed by atoms with Crippen molar-refractivity contribution >= 4 is 18.3 Å². The molecule has 0 aliphatic rings. The topological polar surface area (TPSA) is 73.6 Å². The van der Waals surface area contributed by atoms with Gasteiger partial charge in [0.05, 0.1) is 12.0 Å². The average molecular weight is 345 g/mol. The number of ether oxygens (including phenoxy) is 2. The van der Waals surface area contributed by atoms with E-state index in [1.54, 1.807) is 7.11 Å². The van der Waals surface area contributed by atoms with Crippen LogP contribution in [-0.2, 0) is 16.1 Å². The van der Waals surface area contributed by atoms with Gasteiger partial charge in [-0.05, 0) is 30.5 Å². The second-order valence-corrected chi connectivity index (χ2v) is 5.36. The van der Waals surface area contributed by atoms with Crippen LogP contribution in [0.4, 0.5) is 0 Å². The summed E-state index contributed by atoms with van der Waals surface area (Å²) in [5.74, 6) is 0.825. The number of nitrogens with one attached hydrogen (secondary N) is 1. The quantitative estimate of drug-likeness (QED) is 0.640. The minimum absolute atomic E-state index is 0. The largest absolute Gasteiger partial charge is 0.491 e. The van der Waals surface area contributed by atoms with Crippen molar-refractivity contribution in [2.45, 2.75) is 33.2 Å². The van der Waals surface area contributed by atoms with E-state index in [-0.39, 0.29) is 18.3 Å². The predicted octanol–water partition coefficient (Wildman–Crippen LogP) is 2.51. The first-order valence-electron chi connectivity index (χ1n) is 7.81. The van der Waals surface area contributed by atoms with Gasteiger partial charge in [0.1, 0.15) is 12.4 Å². The molecule has 0 unspecified atom stereocenters. The summed E-state index contributed by atoms with van der Waals surface area (Å²) in [4.78, 5) is 12.3. The van der Waals surface area contributed by atoms with Gasteiger partial charge in [-0.25, -0.2) is 0 Å². The number of rotatable bonds is 10. The second-order valence-electron chi connectivity index (χ2n) is 5.36. The molecule has 132 valence electrons. The lowest BCUT2D eigenvalue weighted by Gasteiger charge is -2.28. The molecular weight excluding hydrogens is 316 g/mol. The van der Waals surface area contributed by atoms with Gasteiger partial charge in [0.25, 0.3) is 0 Å². The normalized spacial score (nSPS) is 10.8. The Labute approximate surface area is 145 Å². The van der Waals surface area contributed by atoms with E-state index in [1.807, 2.05) is 38.1 Å². The fourth-order valence-electron chi connectivity index (χ4n) is 2.27. The summed E-state index contributed by atoms with van der Waals surface area (Å²) < 4.78 is 10.4. The highest BCUT2D eigenvalue weighted by atomic mass is 35.5. The highest BCUT2D eigenvalue weighted by Gasteiger charge is 2.32. The van der Waals surface area contributed by atoms with Crippen LogP contribution in [-0.4, -0.2) is 32.8 Å². The van der Waals surface area contributed by atoms with Gasteiger partial charge in [-0.2, -0.15) is 0 Å². The van der Waals surface area contributed by atoms with Crippen molar-refractivity contribution in [1.82, 2.24) is 5.32 Å². The molecule has 0 bridgehead atoms. The molecule has 0 saturated carbocycles. The van der Waals surface area contributed by atoms with E-state index in [0.29, 0.717) is 26.3 Å². The van der Waals surface area contributed by atoms with Gasteiger partial charge < -0.3 is 20.5 Å². The third-order valence-electron chi connectivity index (χ3n) is 4.16. The smallest absolute Gasteiger partial charge is 0.227 e. The van der Waals surface area contributed by atoms with Crippen LogP contribution in [0.1, 0.15) is 32.3 Å². The van der Waals surface area contributed by atoms with Crippen LogP contribution in [0, 0.1) is 5.41 Å². The lowest BCUT2D eigenvalue weighted by atomic mass is 9.81. The van der Waals surface area contributed by atoms with Crippen molar-refractivity contribution in [1.29, 1.82) is 0 Å². The van der Waals surface area contributed by atoms with Gasteiger partial charge in [-0.15, -0.1) is 12.4 Å². The van der Waals surface area contributed by atoms with Crippen LogP contribution < -0.4 is 15.8 Å². The summed E-state index contributed by atoms with van der Waals surface area (Å²) in [5, 5.41) is 2.98. The molecule has 0 spiro atoms. The molecule has 0 aliphatic heterocycles. The molecule has 0 aliphatic carbocycles. The number of benzene rings is 1. The standard InChI is InChI=1S/C17H28N2O3.ClH/c1-4-17(5-2,13-18)16(20)19-12-14-6-8-15(9-7-14)22-11-10-21-3;/h6-9H,4-5,10-13,18H2,1-3H3,(H,19,20);1H. The van der Waals surface area contributed by atoms with Gasteiger partial charge in [0, 0.05) is 20.2 Å². The Morgan fingerprint density at radius 1 is 1.17 bits per heavy atom. The number of halogens is 1. The molecule has 0 fully saturated rings. The Morgan fingerprint density at radius 3 is 2.26 bits per heavy atom. The van der Waals surface area contributed by atoms with Crippen LogP contribution in [0.5, 0.6) is 5.75 Å². The molecule has 1 aromatic rings. The molecule has 0 aromatic heterocycles. The zero-order chi connectivity index (χ0) is 16.4. The van der Waals surface area contributed by atoms with Gasteiger partial charge in [-0.1, -0.05) is 26.0 Å². The maximum Gasteiger partial charge on any atom is 0.227 e.